The van der Waals surface area contributed by atoms with Crippen LogP contribution in [0.3, 0.4) is 0 Å². The van der Waals surface area contributed by atoms with E-state index in [1.165, 1.54) is 4.88 Å². The summed E-state index contributed by atoms with van der Waals surface area (Å²) in [5.74, 6) is 0.928. The fourth-order valence-corrected chi connectivity index (χ4v) is 2.74. The van der Waals surface area contributed by atoms with Crippen LogP contribution < -0.4 is 10.2 Å². The predicted molar refractivity (Wildman–Crippen MR) is 80.7 cm³/mol. The molecule has 0 fully saturated rings. The van der Waals surface area contributed by atoms with Crippen LogP contribution in [0.5, 0.6) is 0 Å². The van der Waals surface area contributed by atoms with E-state index in [2.05, 4.69) is 51.7 Å². The number of rotatable bonds is 6. The van der Waals surface area contributed by atoms with Gasteiger partial charge in [0.1, 0.15) is 5.82 Å². The summed E-state index contributed by atoms with van der Waals surface area (Å²) in [6.45, 7) is 2.96. The molecule has 1 unspecified atom stereocenters. The molecule has 4 nitrogen and oxygen atoms in total. The van der Waals surface area contributed by atoms with Gasteiger partial charge in [0.15, 0.2) is 0 Å². The number of hydrogen-bond donors (Lipinski definition) is 1. The van der Waals surface area contributed by atoms with Gasteiger partial charge in [-0.25, -0.2) is 4.98 Å². The first kappa shape index (κ1) is 14.0. The zero-order chi connectivity index (χ0) is 13.7. The molecule has 0 aliphatic rings. The Morgan fingerprint density at radius 1 is 1.42 bits per heavy atom. The maximum atomic E-state index is 4.62. The van der Waals surface area contributed by atoms with Gasteiger partial charge in [-0.15, -0.1) is 11.3 Å². The molecule has 0 aliphatic carbocycles. The molecule has 102 valence electrons. The molecule has 0 saturated carbocycles. The van der Waals surface area contributed by atoms with Gasteiger partial charge >= 0.3 is 0 Å². The molecule has 1 N–H and O–H groups in total. The Morgan fingerprint density at radius 2 is 2.26 bits per heavy atom. The van der Waals surface area contributed by atoms with Gasteiger partial charge in [-0.3, -0.25) is 4.98 Å². The van der Waals surface area contributed by atoms with E-state index in [0.717, 1.165) is 24.5 Å². The number of anilines is 1. The molecule has 0 saturated heterocycles. The first-order chi connectivity index (χ1) is 9.20. The number of hydrogen-bond acceptors (Lipinski definition) is 5. The molecule has 0 bridgehead atoms. The molecule has 2 aromatic rings. The van der Waals surface area contributed by atoms with E-state index < -0.39 is 0 Å². The highest BCUT2D eigenvalue weighted by molar-refractivity contribution is 7.09. The summed E-state index contributed by atoms with van der Waals surface area (Å²) >= 11 is 1.80. The molecule has 0 radical (unpaired) electrons. The summed E-state index contributed by atoms with van der Waals surface area (Å²) in [5.41, 5.74) is 0.968. The molecule has 0 spiro atoms. The summed E-state index contributed by atoms with van der Waals surface area (Å²) in [6, 6.07) is 4.68. The van der Waals surface area contributed by atoms with Crippen molar-refractivity contribution in [3.63, 3.8) is 0 Å². The Morgan fingerprint density at radius 3 is 2.95 bits per heavy atom. The molecule has 2 aromatic heterocycles. The van der Waals surface area contributed by atoms with Crippen molar-refractivity contribution in [2.24, 2.45) is 0 Å². The van der Waals surface area contributed by atoms with Gasteiger partial charge < -0.3 is 10.2 Å². The molecule has 0 amide bonds. The normalized spacial score (nSPS) is 12.4. The van der Waals surface area contributed by atoms with Crippen LogP contribution in [0.25, 0.3) is 0 Å². The first-order valence-corrected chi connectivity index (χ1v) is 7.29. The molecule has 0 aliphatic heterocycles. The number of nitrogens with zero attached hydrogens (tertiary/aromatic N) is 3. The Hall–Kier alpha value is -1.46. The first-order valence-electron chi connectivity index (χ1n) is 6.41. The van der Waals surface area contributed by atoms with Crippen LogP contribution in [0.2, 0.25) is 0 Å². The smallest absolute Gasteiger partial charge is 0.147 e. The van der Waals surface area contributed by atoms with Crippen molar-refractivity contribution >= 4 is 17.2 Å². The molecule has 5 heteroatoms. The van der Waals surface area contributed by atoms with E-state index in [4.69, 9.17) is 0 Å². The van der Waals surface area contributed by atoms with Crippen molar-refractivity contribution in [1.82, 2.24) is 15.3 Å². The van der Waals surface area contributed by atoms with Gasteiger partial charge in [0.05, 0.1) is 11.9 Å². The SMILES string of the molecule is CNCc1cncc(N(C)C(C)Cc2cccs2)n1. The minimum absolute atomic E-state index is 0.401. The lowest BCUT2D eigenvalue weighted by Crippen LogP contribution is -2.31. The van der Waals surface area contributed by atoms with Crippen molar-refractivity contribution < 1.29 is 0 Å². The molecular weight excluding hydrogens is 256 g/mol. The Kier molecular flexibility index (Phi) is 4.87. The van der Waals surface area contributed by atoms with Crippen LogP contribution in [0, 0.1) is 0 Å². The summed E-state index contributed by atoms with van der Waals surface area (Å²) in [5, 5.41) is 5.22. The third-order valence-electron chi connectivity index (χ3n) is 3.13. The van der Waals surface area contributed by atoms with E-state index in [9.17, 15) is 0 Å². The lowest BCUT2D eigenvalue weighted by Gasteiger charge is -2.25. The maximum absolute atomic E-state index is 4.62. The third kappa shape index (κ3) is 3.75. The van der Waals surface area contributed by atoms with Gasteiger partial charge in [0.25, 0.3) is 0 Å². The molecular formula is C14H20N4S. The summed E-state index contributed by atoms with van der Waals surface area (Å²) in [7, 11) is 3.99. The lowest BCUT2D eigenvalue weighted by molar-refractivity contribution is 0.673. The molecule has 2 rings (SSSR count). The van der Waals surface area contributed by atoms with E-state index in [1.54, 1.807) is 17.5 Å². The fourth-order valence-electron chi connectivity index (χ4n) is 1.91. The molecule has 1 atom stereocenters. The van der Waals surface area contributed by atoms with Crippen molar-refractivity contribution in [2.45, 2.75) is 25.9 Å². The number of likely N-dealkylation sites (N-methyl/N-ethyl adjacent to an activating group) is 1. The minimum Gasteiger partial charge on any atom is -0.355 e. The molecule has 0 aromatic carbocycles. The molecule has 19 heavy (non-hydrogen) atoms. The van der Waals surface area contributed by atoms with Crippen LogP contribution >= 0.6 is 11.3 Å². The number of thiophene rings is 1. The highest BCUT2D eigenvalue weighted by Crippen LogP contribution is 2.17. The van der Waals surface area contributed by atoms with Crippen LogP contribution in [-0.4, -0.2) is 30.1 Å². The van der Waals surface area contributed by atoms with Gasteiger partial charge in [-0.1, -0.05) is 6.07 Å². The van der Waals surface area contributed by atoms with E-state index >= 15 is 0 Å². The summed E-state index contributed by atoms with van der Waals surface area (Å²) < 4.78 is 0. The topological polar surface area (TPSA) is 41.1 Å². The molecule has 2 heterocycles. The zero-order valence-corrected chi connectivity index (χ0v) is 12.4. The monoisotopic (exact) mass is 276 g/mol. The average molecular weight is 276 g/mol. The highest BCUT2D eigenvalue weighted by Gasteiger charge is 2.13. The fraction of sp³-hybridized carbons (Fsp3) is 0.429. The van der Waals surface area contributed by atoms with E-state index in [-0.39, 0.29) is 0 Å². The van der Waals surface area contributed by atoms with Crippen molar-refractivity contribution in [3.8, 4) is 0 Å². The number of nitrogens with one attached hydrogen (secondary N) is 1. The predicted octanol–water partition coefficient (Wildman–Crippen LogP) is 2.32. The maximum Gasteiger partial charge on any atom is 0.147 e. The Balaban J connectivity index is 2.05. The van der Waals surface area contributed by atoms with Gasteiger partial charge in [-0.2, -0.15) is 0 Å². The second kappa shape index (κ2) is 6.63. The van der Waals surface area contributed by atoms with Gasteiger partial charge in [0.2, 0.25) is 0 Å². The second-order valence-corrected chi connectivity index (χ2v) is 5.67. The van der Waals surface area contributed by atoms with Crippen LogP contribution in [0.1, 0.15) is 17.5 Å². The number of aromatic nitrogens is 2. The van der Waals surface area contributed by atoms with Crippen LogP contribution in [0.15, 0.2) is 29.9 Å². The van der Waals surface area contributed by atoms with Crippen LogP contribution in [-0.2, 0) is 13.0 Å². The van der Waals surface area contributed by atoms with Crippen molar-refractivity contribution in [3.05, 3.63) is 40.5 Å². The summed E-state index contributed by atoms with van der Waals surface area (Å²) in [4.78, 5) is 12.5. The zero-order valence-electron chi connectivity index (χ0n) is 11.6. The van der Waals surface area contributed by atoms with E-state index in [0.29, 0.717) is 6.04 Å². The Bertz CT molecular complexity index is 498. The average Bonchev–Trinajstić information content (AvgIpc) is 2.91. The minimum atomic E-state index is 0.401. The van der Waals surface area contributed by atoms with Gasteiger partial charge in [-0.05, 0) is 25.4 Å². The van der Waals surface area contributed by atoms with Crippen LogP contribution in [0.4, 0.5) is 5.82 Å². The van der Waals surface area contributed by atoms with E-state index in [1.807, 2.05) is 13.2 Å². The lowest BCUT2D eigenvalue weighted by atomic mass is 10.2. The van der Waals surface area contributed by atoms with Crippen molar-refractivity contribution in [1.29, 1.82) is 0 Å². The standard InChI is InChI=1S/C14H20N4S/c1-11(7-13-5-4-6-19-13)18(3)14-10-16-9-12(17-14)8-15-2/h4-6,9-11,15H,7-8H2,1-3H3. The Labute approximate surface area is 118 Å². The summed E-state index contributed by atoms with van der Waals surface area (Å²) in [6.07, 6.45) is 4.66. The largest absolute Gasteiger partial charge is 0.355 e. The van der Waals surface area contributed by atoms with Crippen molar-refractivity contribution in [2.75, 3.05) is 19.0 Å². The third-order valence-corrected chi connectivity index (χ3v) is 4.03. The van der Waals surface area contributed by atoms with Gasteiger partial charge in [0, 0.05) is 37.1 Å². The highest BCUT2D eigenvalue weighted by atomic mass is 32.1. The quantitative estimate of drug-likeness (QED) is 0.879. The second-order valence-electron chi connectivity index (χ2n) is 4.64.